The van der Waals surface area contributed by atoms with Crippen molar-refractivity contribution in [3.8, 4) is 39.4 Å². The predicted octanol–water partition coefficient (Wildman–Crippen LogP) is 11.3. The first-order valence-corrected chi connectivity index (χ1v) is 14.9. The van der Waals surface area contributed by atoms with Gasteiger partial charge < -0.3 is 0 Å². The number of rotatable bonds is 3. The van der Waals surface area contributed by atoms with Crippen LogP contribution in [0.25, 0.3) is 73.7 Å². The van der Waals surface area contributed by atoms with E-state index in [4.69, 9.17) is 0 Å². The molecule has 2 aromatic heterocycles. The van der Waals surface area contributed by atoms with Gasteiger partial charge in [-0.1, -0.05) is 91.0 Å². The average molecular weight is 544 g/mol. The van der Waals surface area contributed by atoms with Gasteiger partial charge in [-0.2, -0.15) is 5.26 Å². The van der Waals surface area contributed by atoms with Crippen molar-refractivity contribution in [1.29, 1.82) is 5.26 Å². The third kappa shape index (κ3) is 3.66. The normalized spacial score (nSPS) is 11.5. The molecular formula is C37H21NS2. The van der Waals surface area contributed by atoms with E-state index in [9.17, 15) is 5.26 Å². The number of nitriles is 1. The summed E-state index contributed by atoms with van der Waals surface area (Å²) in [6.45, 7) is 0. The van der Waals surface area contributed by atoms with Crippen molar-refractivity contribution in [3.63, 3.8) is 0 Å². The molecule has 40 heavy (non-hydrogen) atoms. The lowest BCUT2D eigenvalue weighted by molar-refractivity contribution is 1.47. The van der Waals surface area contributed by atoms with Crippen molar-refractivity contribution in [2.75, 3.05) is 0 Å². The Labute approximate surface area is 239 Å². The topological polar surface area (TPSA) is 23.8 Å². The van der Waals surface area contributed by atoms with Crippen molar-refractivity contribution in [3.05, 3.63) is 133 Å². The van der Waals surface area contributed by atoms with Crippen molar-refractivity contribution < 1.29 is 0 Å². The number of fused-ring (bicyclic) bond motifs is 6. The van der Waals surface area contributed by atoms with Crippen LogP contribution in [0.2, 0.25) is 0 Å². The minimum absolute atomic E-state index is 0.685. The molecule has 0 saturated heterocycles. The standard InChI is InChI=1S/C37H21NS2/c38-22-26-18-32(24-14-16-29-27-10-4-6-12-34(27)39-36(29)19-24)33(21-31(26)23-8-2-1-3-9-23)25-15-17-30-28-11-5-7-13-35(28)40-37(30)20-25/h1-21H. The summed E-state index contributed by atoms with van der Waals surface area (Å²) in [5.74, 6) is 0. The van der Waals surface area contributed by atoms with Gasteiger partial charge in [-0.05, 0) is 64.2 Å². The number of benzene rings is 6. The largest absolute Gasteiger partial charge is 0.192 e. The zero-order chi connectivity index (χ0) is 26.6. The molecule has 8 rings (SSSR count). The molecule has 0 aliphatic carbocycles. The van der Waals surface area contributed by atoms with Gasteiger partial charge in [-0.25, -0.2) is 0 Å². The van der Waals surface area contributed by atoms with E-state index in [1.54, 1.807) is 0 Å². The molecular weight excluding hydrogens is 523 g/mol. The maximum absolute atomic E-state index is 10.3. The quantitative estimate of drug-likeness (QED) is 0.217. The third-order valence-electron chi connectivity index (χ3n) is 7.74. The molecule has 0 aliphatic rings. The van der Waals surface area contributed by atoms with Crippen LogP contribution in [0.4, 0.5) is 0 Å². The second kappa shape index (κ2) is 9.17. The smallest absolute Gasteiger partial charge is 0.0998 e. The van der Waals surface area contributed by atoms with Crippen LogP contribution in [-0.2, 0) is 0 Å². The van der Waals surface area contributed by atoms with E-state index in [2.05, 4.69) is 115 Å². The van der Waals surface area contributed by atoms with Crippen LogP contribution >= 0.6 is 22.7 Å². The molecule has 3 heteroatoms. The summed E-state index contributed by atoms with van der Waals surface area (Å²) in [5, 5.41) is 15.4. The number of nitrogens with zero attached hydrogens (tertiary/aromatic N) is 1. The Morgan fingerprint density at radius 1 is 0.400 bits per heavy atom. The third-order valence-corrected chi connectivity index (χ3v) is 10.0. The number of hydrogen-bond donors (Lipinski definition) is 0. The summed E-state index contributed by atoms with van der Waals surface area (Å²) in [7, 11) is 0. The van der Waals surface area contributed by atoms with Gasteiger partial charge in [0.05, 0.1) is 11.6 Å². The molecule has 186 valence electrons. The Morgan fingerprint density at radius 2 is 0.900 bits per heavy atom. The maximum atomic E-state index is 10.3. The lowest BCUT2D eigenvalue weighted by Gasteiger charge is -2.15. The Kier molecular flexibility index (Phi) is 5.31. The zero-order valence-corrected chi connectivity index (χ0v) is 23.0. The average Bonchev–Trinajstić information content (AvgIpc) is 3.58. The fourth-order valence-corrected chi connectivity index (χ4v) is 8.10. The lowest BCUT2D eigenvalue weighted by atomic mass is 9.88. The van der Waals surface area contributed by atoms with E-state index in [0.717, 1.165) is 33.4 Å². The van der Waals surface area contributed by atoms with Crippen molar-refractivity contribution in [2.24, 2.45) is 0 Å². The number of hydrogen-bond acceptors (Lipinski definition) is 3. The fraction of sp³-hybridized carbons (Fsp3) is 0. The second-order valence-electron chi connectivity index (χ2n) is 10.0. The van der Waals surface area contributed by atoms with Gasteiger partial charge in [0.1, 0.15) is 0 Å². The van der Waals surface area contributed by atoms with Crippen LogP contribution < -0.4 is 0 Å². The van der Waals surface area contributed by atoms with E-state index in [1.807, 2.05) is 40.9 Å². The second-order valence-corrected chi connectivity index (χ2v) is 12.2. The first-order chi connectivity index (χ1) is 19.8. The fourth-order valence-electron chi connectivity index (χ4n) is 5.81. The molecule has 8 aromatic rings. The van der Waals surface area contributed by atoms with Gasteiger partial charge >= 0.3 is 0 Å². The van der Waals surface area contributed by atoms with Gasteiger partial charge in [0.25, 0.3) is 0 Å². The maximum Gasteiger partial charge on any atom is 0.0998 e. The van der Waals surface area contributed by atoms with Crippen molar-refractivity contribution in [2.45, 2.75) is 0 Å². The molecule has 0 bridgehead atoms. The first-order valence-electron chi connectivity index (χ1n) is 13.2. The van der Waals surface area contributed by atoms with Gasteiger partial charge in [0, 0.05) is 45.9 Å². The van der Waals surface area contributed by atoms with Gasteiger partial charge in [-0.15, -0.1) is 22.7 Å². The van der Waals surface area contributed by atoms with Crippen LogP contribution in [0.3, 0.4) is 0 Å². The summed E-state index contributed by atoms with van der Waals surface area (Å²) in [5.41, 5.74) is 7.20. The van der Waals surface area contributed by atoms with Gasteiger partial charge in [-0.3, -0.25) is 0 Å². The molecule has 2 heterocycles. The Balaban J connectivity index is 1.40. The molecule has 0 saturated carbocycles. The minimum Gasteiger partial charge on any atom is -0.192 e. The highest BCUT2D eigenvalue weighted by Crippen LogP contribution is 2.43. The highest BCUT2D eigenvalue weighted by Gasteiger charge is 2.17. The summed E-state index contributed by atoms with van der Waals surface area (Å²) < 4.78 is 5.13. The van der Waals surface area contributed by atoms with Gasteiger partial charge in [0.2, 0.25) is 0 Å². The molecule has 0 unspecified atom stereocenters. The van der Waals surface area contributed by atoms with E-state index in [1.165, 1.54) is 40.3 Å². The van der Waals surface area contributed by atoms with Crippen LogP contribution in [0.15, 0.2) is 127 Å². The lowest BCUT2D eigenvalue weighted by Crippen LogP contribution is -1.92. The van der Waals surface area contributed by atoms with Crippen LogP contribution in [0, 0.1) is 11.3 Å². The Morgan fingerprint density at radius 3 is 1.48 bits per heavy atom. The van der Waals surface area contributed by atoms with Crippen LogP contribution in [0.5, 0.6) is 0 Å². The summed E-state index contributed by atoms with van der Waals surface area (Å²) in [4.78, 5) is 0. The molecule has 0 aliphatic heterocycles. The SMILES string of the molecule is N#Cc1cc(-c2ccc3c(c2)sc2ccccc23)c(-c2ccc3c(c2)sc2ccccc23)cc1-c1ccccc1. The Hall–Kier alpha value is -4.75. The van der Waals surface area contributed by atoms with Gasteiger partial charge in [0.15, 0.2) is 0 Å². The van der Waals surface area contributed by atoms with E-state index in [-0.39, 0.29) is 0 Å². The minimum atomic E-state index is 0.685. The van der Waals surface area contributed by atoms with E-state index in [0.29, 0.717) is 5.56 Å². The van der Waals surface area contributed by atoms with Crippen LogP contribution in [-0.4, -0.2) is 0 Å². The summed E-state index contributed by atoms with van der Waals surface area (Å²) >= 11 is 3.66. The zero-order valence-electron chi connectivity index (χ0n) is 21.4. The molecule has 1 nitrogen and oxygen atoms in total. The molecule has 0 radical (unpaired) electrons. The molecule has 0 amide bonds. The number of thiophene rings is 2. The molecule has 0 fully saturated rings. The predicted molar refractivity (Wildman–Crippen MR) is 173 cm³/mol. The van der Waals surface area contributed by atoms with Crippen molar-refractivity contribution >= 4 is 63.0 Å². The summed E-state index contributed by atoms with van der Waals surface area (Å²) in [6, 6.07) is 47.8. The molecule has 0 spiro atoms. The van der Waals surface area contributed by atoms with E-state index >= 15 is 0 Å². The summed E-state index contributed by atoms with van der Waals surface area (Å²) in [6.07, 6.45) is 0. The van der Waals surface area contributed by atoms with Crippen molar-refractivity contribution in [1.82, 2.24) is 0 Å². The molecule has 0 atom stereocenters. The van der Waals surface area contributed by atoms with E-state index < -0.39 is 0 Å². The Bertz CT molecular complexity index is 2280. The highest BCUT2D eigenvalue weighted by molar-refractivity contribution is 7.26. The monoisotopic (exact) mass is 543 g/mol. The molecule has 6 aromatic carbocycles. The van der Waals surface area contributed by atoms with Crippen LogP contribution in [0.1, 0.15) is 5.56 Å². The first kappa shape index (κ1) is 23.2. The highest BCUT2D eigenvalue weighted by atomic mass is 32.1. The molecule has 0 N–H and O–H groups in total.